The highest BCUT2D eigenvalue weighted by Crippen LogP contribution is 2.23. The van der Waals surface area contributed by atoms with Crippen molar-refractivity contribution in [2.24, 2.45) is 0 Å². The van der Waals surface area contributed by atoms with E-state index in [-0.39, 0.29) is 11.5 Å². The van der Waals surface area contributed by atoms with Crippen LogP contribution in [-0.2, 0) is 4.79 Å². The number of rotatable bonds is 3. The topological polar surface area (TPSA) is 74.8 Å². The van der Waals surface area contributed by atoms with Crippen molar-refractivity contribution >= 4 is 11.6 Å². The summed E-state index contributed by atoms with van der Waals surface area (Å²) in [6.45, 7) is 1.78. The Kier molecular flexibility index (Phi) is 4.89. The summed E-state index contributed by atoms with van der Waals surface area (Å²) in [7, 11) is 0. The van der Waals surface area contributed by atoms with Gasteiger partial charge < -0.3 is 10.3 Å². The SMILES string of the molecule is Cc1cc(=O)[nH]c(-c2ccc(NC(=O)C=C3CCCCC3)cc2)n1. The summed E-state index contributed by atoms with van der Waals surface area (Å²) < 4.78 is 0. The molecular weight excluding hydrogens is 302 g/mol. The largest absolute Gasteiger partial charge is 0.323 e. The number of nitrogens with zero attached hydrogens (tertiary/aromatic N) is 1. The molecule has 3 rings (SSSR count). The van der Waals surface area contributed by atoms with Gasteiger partial charge in [-0.05, 0) is 56.9 Å². The molecule has 0 spiro atoms. The van der Waals surface area contributed by atoms with Crippen molar-refractivity contribution in [1.82, 2.24) is 9.97 Å². The van der Waals surface area contributed by atoms with Crippen LogP contribution < -0.4 is 10.9 Å². The molecule has 2 N–H and O–H groups in total. The standard InChI is InChI=1S/C19H21N3O2/c1-13-11-17(23)22-19(20-13)15-7-9-16(10-8-15)21-18(24)12-14-5-3-2-4-6-14/h7-12H,2-6H2,1H3,(H,21,24)(H,20,22,23). The summed E-state index contributed by atoms with van der Waals surface area (Å²) in [5, 5.41) is 2.88. The van der Waals surface area contributed by atoms with Gasteiger partial charge in [-0.3, -0.25) is 9.59 Å². The van der Waals surface area contributed by atoms with E-state index in [0.717, 1.165) is 24.1 Å². The molecule has 1 amide bonds. The third-order valence-electron chi connectivity index (χ3n) is 4.13. The number of allylic oxidation sites excluding steroid dienone is 1. The number of hydrogen-bond donors (Lipinski definition) is 2. The number of hydrogen-bond acceptors (Lipinski definition) is 3. The summed E-state index contributed by atoms with van der Waals surface area (Å²) in [4.78, 5) is 30.6. The molecule has 24 heavy (non-hydrogen) atoms. The number of aryl methyl sites for hydroxylation is 1. The summed E-state index contributed by atoms with van der Waals surface area (Å²) in [5.74, 6) is 0.448. The fourth-order valence-electron chi connectivity index (χ4n) is 2.94. The van der Waals surface area contributed by atoms with Crippen molar-refractivity contribution in [2.45, 2.75) is 39.0 Å². The van der Waals surface area contributed by atoms with Gasteiger partial charge in [0, 0.05) is 29.1 Å². The minimum absolute atomic E-state index is 0.0817. The van der Waals surface area contributed by atoms with E-state index in [9.17, 15) is 9.59 Å². The van der Waals surface area contributed by atoms with Crippen LogP contribution in [0.25, 0.3) is 11.4 Å². The van der Waals surface area contributed by atoms with Crippen LogP contribution in [0.4, 0.5) is 5.69 Å². The second kappa shape index (κ2) is 7.25. The summed E-state index contributed by atoms with van der Waals surface area (Å²) >= 11 is 0. The maximum Gasteiger partial charge on any atom is 0.251 e. The fraction of sp³-hybridized carbons (Fsp3) is 0.316. The Morgan fingerprint density at radius 2 is 1.88 bits per heavy atom. The summed E-state index contributed by atoms with van der Waals surface area (Å²) in [5.41, 5.74) is 3.27. The second-order valence-corrected chi connectivity index (χ2v) is 6.17. The van der Waals surface area contributed by atoms with Crippen molar-refractivity contribution in [3.8, 4) is 11.4 Å². The zero-order valence-corrected chi connectivity index (χ0v) is 13.8. The van der Waals surface area contributed by atoms with E-state index in [4.69, 9.17) is 0 Å². The van der Waals surface area contributed by atoms with Gasteiger partial charge in [0.2, 0.25) is 5.91 Å². The van der Waals surface area contributed by atoms with Gasteiger partial charge in [-0.15, -0.1) is 0 Å². The number of aromatic amines is 1. The second-order valence-electron chi connectivity index (χ2n) is 6.17. The lowest BCUT2D eigenvalue weighted by Crippen LogP contribution is -2.10. The zero-order chi connectivity index (χ0) is 16.9. The summed E-state index contributed by atoms with van der Waals surface area (Å²) in [6.07, 6.45) is 7.39. The predicted molar refractivity (Wildman–Crippen MR) is 94.8 cm³/mol. The molecule has 0 radical (unpaired) electrons. The molecule has 0 aliphatic heterocycles. The maximum atomic E-state index is 12.1. The Bertz CT molecular complexity index is 811. The van der Waals surface area contributed by atoms with Gasteiger partial charge in [-0.2, -0.15) is 0 Å². The molecule has 0 saturated heterocycles. The van der Waals surface area contributed by atoms with E-state index >= 15 is 0 Å². The van der Waals surface area contributed by atoms with Gasteiger partial charge in [0.15, 0.2) is 0 Å². The van der Waals surface area contributed by atoms with Crippen molar-refractivity contribution < 1.29 is 4.79 Å². The van der Waals surface area contributed by atoms with Crippen LogP contribution in [0.1, 0.15) is 37.8 Å². The molecule has 124 valence electrons. The molecule has 1 aromatic heterocycles. The minimum atomic E-state index is -0.172. The molecule has 1 aliphatic carbocycles. The van der Waals surface area contributed by atoms with Gasteiger partial charge in [-0.25, -0.2) is 4.98 Å². The fourth-order valence-corrected chi connectivity index (χ4v) is 2.94. The molecule has 2 aromatic rings. The Hall–Kier alpha value is -2.69. The molecule has 1 heterocycles. The van der Waals surface area contributed by atoms with Crippen molar-refractivity contribution in [3.63, 3.8) is 0 Å². The van der Waals surface area contributed by atoms with E-state index in [1.807, 2.05) is 24.3 Å². The average Bonchev–Trinajstić information content (AvgIpc) is 2.55. The molecule has 1 saturated carbocycles. The lowest BCUT2D eigenvalue weighted by molar-refractivity contribution is -0.112. The molecule has 1 fully saturated rings. The molecule has 5 nitrogen and oxygen atoms in total. The van der Waals surface area contributed by atoms with Gasteiger partial charge in [0.25, 0.3) is 5.56 Å². The monoisotopic (exact) mass is 323 g/mol. The highest BCUT2D eigenvalue weighted by Gasteiger charge is 2.08. The van der Waals surface area contributed by atoms with E-state index in [1.54, 1.807) is 13.0 Å². The van der Waals surface area contributed by atoms with Gasteiger partial charge >= 0.3 is 0 Å². The van der Waals surface area contributed by atoms with E-state index in [1.165, 1.54) is 30.9 Å². The molecular formula is C19H21N3O2. The van der Waals surface area contributed by atoms with Crippen molar-refractivity contribution in [3.05, 3.63) is 58.0 Å². The number of anilines is 1. The van der Waals surface area contributed by atoms with Crippen LogP contribution in [0.2, 0.25) is 0 Å². The quantitative estimate of drug-likeness (QED) is 0.848. The van der Waals surface area contributed by atoms with Gasteiger partial charge in [-0.1, -0.05) is 12.0 Å². The number of aromatic nitrogens is 2. The Labute approximate surface area is 140 Å². The minimum Gasteiger partial charge on any atom is -0.323 e. The highest BCUT2D eigenvalue weighted by atomic mass is 16.1. The molecule has 0 unspecified atom stereocenters. The van der Waals surface area contributed by atoms with Crippen molar-refractivity contribution in [1.29, 1.82) is 0 Å². The number of H-pyrrole nitrogens is 1. The smallest absolute Gasteiger partial charge is 0.251 e. The van der Waals surface area contributed by atoms with Crippen molar-refractivity contribution in [2.75, 3.05) is 5.32 Å². The van der Waals surface area contributed by atoms with Gasteiger partial charge in [0.05, 0.1) is 0 Å². The predicted octanol–water partition coefficient (Wildman–Crippen LogP) is 3.57. The lowest BCUT2D eigenvalue weighted by Gasteiger charge is -2.13. The normalized spacial score (nSPS) is 14.3. The van der Waals surface area contributed by atoms with Gasteiger partial charge in [0.1, 0.15) is 5.82 Å². The van der Waals surface area contributed by atoms with Crippen LogP contribution in [0.15, 0.2) is 46.8 Å². The Morgan fingerprint density at radius 3 is 2.54 bits per heavy atom. The molecule has 1 aliphatic rings. The van der Waals surface area contributed by atoms with E-state index < -0.39 is 0 Å². The lowest BCUT2D eigenvalue weighted by atomic mass is 9.94. The first-order valence-electron chi connectivity index (χ1n) is 8.29. The number of carbonyl (C=O) groups is 1. The molecule has 0 bridgehead atoms. The van der Waals surface area contributed by atoms with Crippen LogP contribution in [0.5, 0.6) is 0 Å². The highest BCUT2D eigenvalue weighted by molar-refractivity contribution is 5.99. The first-order chi connectivity index (χ1) is 11.6. The summed E-state index contributed by atoms with van der Waals surface area (Å²) in [6, 6.07) is 8.75. The molecule has 1 aromatic carbocycles. The van der Waals surface area contributed by atoms with E-state index in [2.05, 4.69) is 15.3 Å². The first-order valence-corrected chi connectivity index (χ1v) is 8.29. The first kappa shape index (κ1) is 16.2. The molecule has 0 atom stereocenters. The van der Waals surface area contributed by atoms with Crippen LogP contribution in [0, 0.1) is 6.92 Å². The molecule has 5 heteroatoms. The van der Waals surface area contributed by atoms with Crippen LogP contribution >= 0.6 is 0 Å². The number of nitrogens with one attached hydrogen (secondary N) is 2. The maximum absolute atomic E-state index is 12.1. The Morgan fingerprint density at radius 1 is 1.17 bits per heavy atom. The third-order valence-corrected chi connectivity index (χ3v) is 4.13. The zero-order valence-electron chi connectivity index (χ0n) is 13.8. The van der Waals surface area contributed by atoms with E-state index in [0.29, 0.717) is 11.5 Å². The van der Waals surface area contributed by atoms with Crippen LogP contribution in [-0.4, -0.2) is 15.9 Å². The average molecular weight is 323 g/mol. The number of amides is 1. The number of carbonyl (C=O) groups excluding carboxylic acids is 1. The third kappa shape index (κ3) is 4.19. The number of benzene rings is 1. The van der Waals surface area contributed by atoms with Crippen LogP contribution in [0.3, 0.4) is 0 Å². The Balaban J connectivity index is 1.70.